The van der Waals surface area contributed by atoms with Gasteiger partial charge in [0, 0.05) is 30.0 Å². The summed E-state index contributed by atoms with van der Waals surface area (Å²) in [5, 5.41) is 14.1. The fraction of sp³-hybridized carbons (Fsp3) is 0.400. The summed E-state index contributed by atoms with van der Waals surface area (Å²) < 4.78 is 0. The van der Waals surface area contributed by atoms with Crippen molar-refractivity contribution in [2.24, 2.45) is 0 Å². The van der Waals surface area contributed by atoms with Gasteiger partial charge in [0.1, 0.15) is 0 Å². The first-order valence-corrected chi connectivity index (χ1v) is 8.22. The third-order valence-corrected chi connectivity index (χ3v) is 4.99. The molecule has 21 heavy (non-hydrogen) atoms. The van der Waals surface area contributed by atoms with Gasteiger partial charge in [-0.05, 0) is 30.5 Å². The third kappa shape index (κ3) is 3.37. The van der Waals surface area contributed by atoms with Crippen molar-refractivity contribution in [1.82, 2.24) is 9.88 Å². The minimum atomic E-state index is -0.748. The number of hydrogen-bond donors (Lipinski definition) is 2. The van der Waals surface area contributed by atoms with Crippen molar-refractivity contribution < 1.29 is 5.11 Å². The molecule has 112 valence electrons. The molecule has 0 spiro atoms. The third-order valence-electron chi connectivity index (χ3n) is 4.02. The second kappa shape index (κ2) is 5.93. The number of anilines is 1. The number of thiazole rings is 1. The molecule has 0 radical (unpaired) electrons. The summed E-state index contributed by atoms with van der Waals surface area (Å²) in [7, 11) is 0. The van der Waals surface area contributed by atoms with Crippen molar-refractivity contribution in [2.75, 3.05) is 18.8 Å². The van der Waals surface area contributed by atoms with E-state index in [-0.39, 0.29) is 0 Å². The predicted octanol–water partition coefficient (Wildman–Crippen LogP) is 2.86. The van der Waals surface area contributed by atoms with E-state index in [1.165, 1.54) is 11.3 Å². The van der Waals surface area contributed by atoms with E-state index in [1.807, 2.05) is 29.6 Å². The van der Waals surface area contributed by atoms with E-state index in [1.54, 1.807) is 0 Å². The zero-order chi connectivity index (χ0) is 14.9. The van der Waals surface area contributed by atoms with Gasteiger partial charge in [0.2, 0.25) is 0 Å². The lowest BCUT2D eigenvalue weighted by Gasteiger charge is -2.38. The summed E-state index contributed by atoms with van der Waals surface area (Å²) in [6.07, 6.45) is 1.43. The van der Waals surface area contributed by atoms with Gasteiger partial charge < -0.3 is 10.8 Å². The molecule has 0 atom stereocenters. The molecule has 6 heteroatoms. The Kier molecular flexibility index (Phi) is 4.17. The molecule has 0 saturated carbocycles. The van der Waals surface area contributed by atoms with Crippen molar-refractivity contribution in [3.8, 4) is 0 Å². The first-order valence-electron chi connectivity index (χ1n) is 6.96. The van der Waals surface area contributed by atoms with Crippen LogP contribution >= 0.6 is 22.9 Å². The van der Waals surface area contributed by atoms with Crippen LogP contribution in [-0.4, -0.2) is 28.1 Å². The fourth-order valence-corrected chi connectivity index (χ4v) is 3.43. The van der Waals surface area contributed by atoms with Gasteiger partial charge in [-0.3, -0.25) is 4.90 Å². The van der Waals surface area contributed by atoms with E-state index in [0.717, 1.165) is 30.9 Å². The van der Waals surface area contributed by atoms with Gasteiger partial charge in [0.05, 0.1) is 11.3 Å². The van der Waals surface area contributed by atoms with E-state index in [4.69, 9.17) is 17.3 Å². The van der Waals surface area contributed by atoms with Crippen molar-refractivity contribution in [3.05, 3.63) is 45.9 Å². The first kappa shape index (κ1) is 14.8. The van der Waals surface area contributed by atoms with Crippen molar-refractivity contribution >= 4 is 28.1 Å². The number of benzene rings is 1. The Morgan fingerprint density at radius 2 is 1.95 bits per heavy atom. The number of nitrogen functional groups attached to an aromatic ring is 1. The summed E-state index contributed by atoms with van der Waals surface area (Å²) in [6.45, 7) is 2.48. The van der Waals surface area contributed by atoms with Crippen molar-refractivity contribution in [2.45, 2.75) is 25.0 Å². The number of likely N-dealkylation sites (tertiary alicyclic amines) is 1. The van der Waals surface area contributed by atoms with Crippen LogP contribution in [0.15, 0.2) is 29.6 Å². The van der Waals surface area contributed by atoms with Gasteiger partial charge in [-0.2, -0.15) is 0 Å². The van der Waals surface area contributed by atoms with E-state index >= 15 is 0 Å². The van der Waals surface area contributed by atoms with E-state index in [9.17, 15) is 5.11 Å². The number of aliphatic hydroxyl groups is 1. The van der Waals surface area contributed by atoms with Crippen molar-refractivity contribution in [3.63, 3.8) is 0 Å². The normalized spacial score (nSPS) is 18.8. The molecular formula is C15H18ClN3OS. The molecule has 1 saturated heterocycles. The second-order valence-electron chi connectivity index (χ2n) is 5.49. The number of piperidine rings is 1. The molecular weight excluding hydrogens is 306 g/mol. The highest BCUT2D eigenvalue weighted by atomic mass is 35.5. The molecule has 2 heterocycles. The van der Waals surface area contributed by atoms with Crippen LogP contribution in [0.3, 0.4) is 0 Å². The molecule has 3 rings (SSSR count). The zero-order valence-electron chi connectivity index (χ0n) is 11.6. The number of nitrogens with two attached hydrogens (primary N) is 1. The second-order valence-corrected chi connectivity index (χ2v) is 6.82. The van der Waals surface area contributed by atoms with E-state index in [2.05, 4.69) is 9.88 Å². The highest BCUT2D eigenvalue weighted by Crippen LogP contribution is 2.33. The van der Waals surface area contributed by atoms with Gasteiger partial charge in [-0.25, -0.2) is 4.98 Å². The van der Waals surface area contributed by atoms with Crippen LogP contribution in [-0.2, 0) is 12.1 Å². The van der Waals surface area contributed by atoms with Gasteiger partial charge in [-0.1, -0.05) is 23.7 Å². The maximum Gasteiger partial charge on any atom is 0.180 e. The largest absolute Gasteiger partial charge is 0.385 e. The van der Waals surface area contributed by atoms with Crippen LogP contribution < -0.4 is 5.73 Å². The first-order chi connectivity index (χ1) is 10.0. The molecule has 3 N–H and O–H groups in total. The van der Waals surface area contributed by atoms with Crippen LogP contribution in [0.25, 0.3) is 0 Å². The molecule has 1 aromatic heterocycles. The standard InChI is InChI=1S/C15H18ClN3OS/c16-12-3-1-11(2-4-12)15(20)5-7-19(8-6-15)9-13-10-21-14(17)18-13/h1-4,10,20H,5-9H2,(H2,17,18). The van der Waals surface area contributed by atoms with Crippen LogP contribution in [0.2, 0.25) is 5.02 Å². The molecule has 0 amide bonds. The highest BCUT2D eigenvalue weighted by Gasteiger charge is 2.33. The Balaban J connectivity index is 1.62. The van der Waals surface area contributed by atoms with Gasteiger partial charge >= 0.3 is 0 Å². The Morgan fingerprint density at radius 3 is 2.52 bits per heavy atom. The minimum absolute atomic E-state index is 0.611. The molecule has 4 nitrogen and oxygen atoms in total. The maximum absolute atomic E-state index is 10.8. The van der Waals surface area contributed by atoms with E-state index < -0.39 is 5.60 Å². The highest BCUT2D eigenvalue weighted by molar-refractivity contribution is 7.13. The van der Waals surface area contributed by atoms with E-state index in [0.29, 0.717) is 23.0 Å². The molecule has 1 fully saturated rings. The van der Waals surface area contributed by atoms with Gasteiger partial charge in [-0.15, -0.1) is 11.3 Å². The van der Waals surface area contributed by atoms with Crippen molar-refractivity contribution in [1.29, 1.82) is 0 Å². The average Bonchev–Trinajstić information content (AvgIpc) is 2.88. The summed E-state index contributed by atoms with van der Waals surface area (Å²) in [6, 6.07) is 7.50. The smallest absolute Gasteiger partial charge is 0.180 e. The lowest BCUT2D eigenvalue weighted by Crippen LogP contribution is -2.42. The number of halogens is 1. The lowest BCUT2D eigenvalue weighted by molar-refractivity contribution is -0.0279. The monoisotopic (exact) mass is 323 g/mol. The fourth-order valence-electron chi connectivity index (χ4n) is 2.75. The molecule has 0 bridgehead atoms. The minimum Gasteiger partial charge on any atom is -0.385 e. The zero-order valence-corrected chi connectivity index (χ0v) is 13.2. The quantitative estimate of drug-likeness (QED) is 0.911. The molecule has 0 unspecified atom stereocenters. The maximum atomic E-state index is 10.8. The topological polar surface area (TPSA) is 62.4 Å². The predicted molar refractivity (Wildman–Crippen MR) is 86.4 cm³/mol. The van der Waals surface area contributed by atoms with Crippen LogP contribution in [0.1, 0.15) is 24.1 Å². The summed E-state index contributed by atoms with van der Waals surface area (Å²) in [5.41, 5.74) is 6.86. The molecule has 1 aromatic carbocycles. The molecule has 0 aliphatic carbocycles. The number of nitrogens with zero attached hydrogens (tertiary/aromatic N) is 2. The van der Waals surface area contributed by atoms with Gasteiger partial charge in [0.15, 0.2) is 5.13 Å². The summed E-state index contributed by atoms with van der Waals surface area (Å²) >= 11 is 7.37. The summed E-state index contributed by atoms with van der Waals surface area (Å²) in [4.78, 5) is 6.59. The number of rotatable bonds is 3. The van der Waals surface area contributed by atoms with Crippen LogP contribution in [0.4, 0.5) is 5.13 Å². The Morgan fingerprint density at radius 1 is 1.29 bits per heavy atom. The molecule has 2 aromatic rings. The Bertz CT molecular complexity index is 606. The van der Waals surface area contributed by atoms with Gasteiger partial charge in [0.25, 0.3) is 0 Å². The molecule has 1 aliphatic heterocycles. The number of aromatic nitrogens is 1. The average molecular weight is 324 g/mol. The van der Waals surface area contributed by atoms with Crippen LogP contribution in [0.5, 0.6) is 0 Å². The summed E-state index contributed by atoms with van der Waals surface area (Å²) in [5.74, 6) is 0. The Labute approximate surface area is 133 Å². The van der Waals surface area contributed by atoms with Crippen LogP contribution in [0, 0.1) is 0 Å². The Hall–Kier alpha value is -1.14. The lowest BCUT2D eigenvalue weighted by atomic mass is 9.84. The SMILES string of the molecule is Nc1nc(CN2CCC(O)(c3ccc(Cl)cc3)CC2)cs1. The number of hydrogen-bond acceptors (Lipinski definition) is 5. The molecule has 1 aliphatic rings.